The summed E-state index contributed by atoms with van der Waals surface area (Å²) >= 11 is 13.1. The van der Waals surface area contributed by atoms with E-state index in [2.05, 4.69) is 15.2 Å². The molecule has 5 nitrogen and oxygen atoms in total. The second-order valence-corrected chi connectivity index (χ2v) is 6.23. The zero-order valence-electron chi connectivity index (χ0n) is 11.3. The van der Waals surface area contributed by atoms with Crippen LogP contribution in [0.15, 0.2) is 47.8 Å². The van der Waals surface area contributed by atoms with E-state index in [0.29, 0.717) is 26.9 Å². The van der Waals surface area contributed by atoms with E-state index >= 15 is 0 Å². The maximum atomic E-state index is 6.06. The van der Waals surface area contributed by atoms with Gasteiger partial charge in [-0.3, -0.25) is 0 Å². The number of rotatable bonds is 4. The Hall–Kier alpha value is -1.76. The molecule has 0 amide bonds. The number of nitrogens with two attached hydrogens (primary N) is 1. The van der Waals surface area contributed by atoms with Crippen LogP contribution in [0.25, 0.3) is 11.4 Å². The van der Waals surface area contributed by atoms with Gasteiger partial charge in [-0.1, -0.05) is 41.0 Å². The molecule has 2 heterocycles. The lowest BCUT2D eigenvalue weighted by Crippen LogP contribution is -2.11. The van der Waals surface area contributed by atoms with Gasteiger partial charge < -0.3 is 5.84 Å². The topological polar surface area (TPSA) is 69.6 Å². The molecule has 2 N–H and O–H groups in total. The minimum absolute atomic E-state index is 0.473. The Bertz CT molecular complexity index is 771. The Morgan fingerprint density at radius 2 is 1.82 bits per heavy atom. The highest BCUT2D eigenvalue weighted by Gasteiger charge is 2.12. The molecule has 0 unspecified atom stereocenters. The van der Waals surface area contributed by atoms with Gasteiger partial charge in [0.2, 0.25) is 5.16 Å². The van der Waals surface area contributed by atoms with E-state index in [-0.39, 0.29) is 0 Å². The molecule has 0 atom stereocenters. The minimum Gasteiger partial charge on any atom is -0.335 e. The zero-order valence-corrected chi connectivity index (χ0v) is 13.6. The van der Waals surface area contributed by atoms with Crippen molar-refractivity contribution in [2.75, 3.05) is 5.84 Å². The van der Waals surface area contributed by atoms with Crippen molar-refractivity contribution in [3.05, 3.63) is 58.3 Å². The van der Waals surface area contributed by atoms with Crippen LogP contribution in [-0.2, 0) is 5.75 Å². The van der Waals surface area contributed by atoms with E-state index in [4.69, 9.17) is 29.0 Å². The Morgan fingerprint density at radius 3 is 2.50 bits per heavy atom. The van der Waals surface area contributed by atoms with Crippen LogP contribution in [-0.4, -0.2) is 19.9 Å². The van der Waals surface area contributed by atoms with Crippen molar-refractivity contribution in [1.82, 2.24) is 19.9 Å². The summed E-state index contributed by atoms with van der Waals surface area (Å²) in [7, 11) is 0. The third-order valence-corrected chi connectivity index (χ3v) is 4.41. The number of halogens is 2. The van der Waals surface area contributed by atoms with Crippen molar-refractivity contribution in [3.8, 4) is 11.4 Å². The highest BCUT2D eigenvalue weighted by atomic mass is 35.5. The van der Waals surface area contributed by atoms with Crippen LogP contribution in [0.3, 0.4) is 0 Å². The van der Waals surface area contributed by atoms with Crippen molar-refractivity contribution in [1.29, 1.82) is 0 Å². The summed E-state index contributed by atoms with van der Waals surface area (Å²) in [5, 5.41) is 10.0. The number of nitrogens with zero attached hydrogens (tertiary/aromatic N) is 4. The molecule has 0 bridgehead atoms. The fourth-order valence-electron chi connectivity index (χ4n) is 1.81. The van der Waals surface area contributed by atoms with E-state index in [1.807, 2.05) is 18.2 Å². The molecule has 0 radical (unpaired) electrons. The summed E-state index contributed by atoms with van der Waals surface area (Å²) in [6, 6.07) is 11.0. The molecule has 0 aliphatic carbocycles. The summed E-state index contributed by atoms with van der Waals surface area (Å²) in [5.41, 5.74) is 1.89. The van der Waals surface area contributed by atoms with Crippen molar-refractivity contribution < 1.29 is 0 Å². The van der Waals surface area contributed by atoms with E-state index in [1.165, 1.54) is 16.4 Å². The van der Waals surface area contributed by atoms with Crippen LogP contribution in [0.5, 0.6) is 0 Å². The average Bonchev–Trinajstić information content (AvgIpc) is 2.89. The van der Waals surface area contributed by atoms with Gasteiger partial charge in [0.1, 0.15) is 5.15 Å². The maximum absolute atomic E-state index is 6.06. The summed E-state index contributed by atoms with van der Waals surface area (Å²) < 4.78 is 1.47. The molecule has 8 heteroatoms. The third kappa shape index (κ3) is 3.35. The highest BCUT2D eigenvalue weighted by Crippen LogP contribution is 2.25. The summed E-state index contributed by atoms with van der Waals surface area (Å²) in [6.07, 6.45) is 1.73. The molecule has 2 aromatic heterocycles. The standard InChI is InChI=1S/C14H11Cl2N5S/c15-11-4-2-10(3-5-11)13-19-20-14(21(13)17)22-8-9-1-6-12(16)18-7-9/h1-7H,8,17H2. The molecule has 1 aromatic carbocycles. The van der Waals surface area contributed by atoms with Gasteiger partial charge >= 0.3 is 0 Å². The van der Waals surface area contributed by atoms with Gasteiger partial charge in [0.25, 0.3) is 0 Å². The van der Waals surface area contributed by atoms with Gasteiger partial charge in [0.05, 0.1) is 0 Å². The van der Waals surface area contributed by atoms with Gasteiger partial charge in [-0.15, -0.1) is 10.2 Å². The predicted octanol–water partition coefficient (Wildman–Crippen LogP) is 3.65. The van der Waals surface area contributed by atoms with Crippen LogP contribution in [0.4, 0.5) is 0 Å². The first kappa shape index (κ1) is 15.1. The van der Waals surface area contributed by atoms with Crippen LogP contribution in [0.1, 0.15) is 5.56 Å². The second-order valence-electron chi connectivity index (χ2n) is 4.46. The number of benzene rings is 1. The van der Waals surface area contributed by atoms with E-state index in [1.54, 1.807) is 24.4 Å². The van der Waals surface area contributed by atoms with Crippen molar-refractivity contribution in [2.45, 2.75) is 10.9 Å². The van der Waals surface area contributed by atoms with Crippen molar-refractivity contribution in [3.63, 3.8) is 0 Å². The maximum Gasteiger partial charge on any atom is 0.210 e. The molecule has 3 rings (SSSR count). The number of hydrogen-bond acceptors (Lipinski definition) is 5. The number of aromatic nitrogens is 4. The minimum atomic E-state index is 0.473. The molecule has 3 aromatic rings. The summed E-state index contributed by atoms with van der Waals surface area (Å²) in [4.78, 5) is 4.04. The lowest BCUT2D eigenvalue weighted by atomic mass is 10.2. The lowest BCUT2D eigenvalue weighted by molar-refractivity contribution is 0.849. The monoisotopic (exact) mass is 351 g/mol. The van der Waals surface area contributed by atoms with Gasteiger partial charge in [0, 0.05) is 22.5 Å². The molecule has 0 aliphatic rings. The molecule has 22 heavy (non-hydrogen) atoms. The normalized spacial score (nSPS) is 10.8. The molecule has 0 spiro atoms. The number of nitrogen functional groups attached to an aromatic ring is 1. The number of hydrogen-bond donors (Lipinski definition) is 1. The first-order chi connectivity index (χ1) is 10.6. The van der Waals surface area contributed by atoms with Crippen LogP contribution in [0, 0.1) is 0 Å². The van der Waals surface area contributed by atoms with Gasteiger partial charge in [-0.05, 0) is 35.9 Å². The average molecular weight is 352 g/mol. The zero-order chi connectivity index (χ0) is 15.5. The second kappa shape index (κ2) is 6.56. The van der Waals surface area contributed by atoms with Crippen LogP contribution < -0.4 is 5.84 Å². The van der Waals surface area contributed by atoms with Crippen LogP contribution >= 0.6 is 35.0 Å². The third-order valence-electron chi connectivity index (χ3n) is 2.92. The Labute approximate surface area is 141 Å². The quantitative estimate of drug-likeness (QED) is 0.441. The molecular weight excluding hydrogens is 341 g/mol. The summed E-state index contributed by atoms with van der Waals surface area (Å²) in [5.74, 6) is 7.33. The number of pyridine rings is 1. The highest BCUT2D eigenvalue weighted by molar-refractivity contribution is 7.98. The van der Waals surface area contributed by atoms with Crippen LogP contribution in [0.2, 0.25) is 10.2 Å². The lowest BCUT2D eigenvalue weighted by Gasteiger charge is -2.04. The summed E-state index contributed by atoms with van der Waals surface area (Å²) in [6.45, 7) is 0. The van der Waals surface area contributed by atoms with Crippen molar-refractivity contribution >= 4 is 35.0 Å². The molecule has 0 aliphatic heterocycles. The molecular formula is C14H11Cl2N5S. The SMILES string of the molecule is Nn1c(SCc2ccc(Cl)nc2)nnc1-c1ccc(Cl)cc1. The van der Waals surface area contributed by atoms with E-state index < -0.39 is 0 Å². The van der Waals surface area contributed by atoms with Gasteiger partial charge in [-0.2, -0.15) is 0 Å². The first-order valence-electron chi connectivity index (χ1n) is 6.33. The molecule has 0 saturated carbocycles. The van der Waals surface area contributed by atoms with E-state index in [0.717, 1.165) is 11.1 Å². The molecule has 112 valence electrons. The smallest absolute Gasteiger partial charge is 0.210 e. The molecule has 0 saturated heterocycles. The Kier molecular flexibility index (Phi) is 4.52. The number of thioether (sulfide) groups is 1. The van der Waals surface area contributed by atoms with Gasteiger partial charge in [-0.25, -0.2) is 9.66 Å². The largest absolute Gasteiger partial charge is 0.335 e. The van der Waals surface area contributed by atoms with Gasteiger partial charge in [0.15, 0.2) is 5.82 Å². The Balaban J connectivity index is 1.75. The fraction of sp³-hybridized carbons (Fsp3) is 0.0714. The van der Waals surface area contributed by atoms with E-state index in [9.17, 15) is 0 Å². The molecule has 0 fully saturated rings. The first-order valence-corrected chi connectivity index (χ1v) is 8.07. The van der Waals surface area contributed by atoms with Crippen molar-refractivity contribution in [2.24, 2.45) is 0 Å². The predicted molar refractivity (Wildman–Crippen MR) is 89.4 cm³/mol. The fourth-order valence-corrected chi connectivity index (χ4v) is 2.84. The Morgan fingerprint density at radius 1 is 1.05 bits per heavy atom.